The van der Waals surface area contributed by atoms with Crippen LogP contribution in [0.25, 0.3) is 0 Å². The van der Waals surface area contributed by atoms with Crippen LogP contribution < -0.4 is 0 Å². The molecule has 1 aromatic rings. The summed E-state index contributed by atoms with van der Waals surface area (Å²) in [5, 5.41) is 0. The predicted octanol–water partition coefficient (Wildman–Crippen LogP) is 1.55. The van der Waals surface area contributed by atoms with E-state index in [1.165, 1.54) is 0 Å². The van der Waals surface area contributed by atoms with Crippen molar-refractivity contribution >= 4 is 23.7 Å². The van der Waals surface area contributed by atoms with Gasteiger partial charge in [-0.1, -0.05) is 0 Å². The van der Waals surface area contributed by atoms with Gasteiger partial charge in [-0.2, -0.15) is 0 Å². The quantitative estimate of drug-likeness (QED) is 0.443. The Morgan fingerprint density at radius 1 is 1.27 bits per heavy atom. The van der Waals surface area contributed by atoms with E-state index in [0.29, 0.717) is 4.90 Å². The molecule has 5 heteroatoms. The Bertz CT molecular complexity index is 247. The molecule has 11 heavy (non-hydrogen) atoms. The zero-order valence-corrected chi connectivity index (χ0v) is 10.4. The van der Waals surface area contributed by atoms with E-state index in [2.05, 4.69) is 12.6 Å². The standard InChI is InChI=1S/C6H6O2S2.Zn/c7-10(8)6-3-1-5(9)2-4-6;/h1-4,9H,(H,7,8);/q;+2. The first-order valence-corrected chi connectivity index (χ1v) is 4.15. The van der Waals surface area contributed by atoms with E-state index >= 15 is 0 Å². The summed E-state index contributed by atoms with van der Waals surface area (Å²) in [6.07, 6.45) is 0. The van der Waals surface area contributed by atoms with Gasteiger partial charge in [0, 0.05) is 4.90 Å². The topological polar surface area (TPSA) is 37.3 Å². The van der Waals surface area contributed by atoms with Crippen LogP contribution in [0.5, 0.6) is 0 Å². The second-order valence-corrected chi connectivity index (χ2v) is 3.23. The van der Waals surface area contributed by atoms with Gasteiger partial charge in [0.2, 0.25) is 0 Å². The molecule has 2 nitrogen and oxygen atoms in total. The Balaban J connectivity index is 0.000001000. The van der Waals surface area contributed by atoms with Crippen molar-refractivity contribution in [3.8, 4) is 0 Å². The molecule has 0 spiro atoms. The summed E-state index contributed by atoms with van der Waals surface area (Å²) >= 11 is 2.15. The van der Waals surface area contributed by atoms with Gasteiger partial charge in [0.15, 0.2) is 11.1 Å². The third-order valence-electron chi connectivity index (χ3n) is 1.04. The van der Waals surface area contributed by atoms with Gasteiger partial charge in [-0.15, -0.1) is 12.6 Å². The smallest absolute Gasteiger partial charge is 0.302 e. The zero-order chi connectivity index (χ0) is 7.56. The summed E-state index contributed by atoms with van der Waals surface area (Å²) in [6, 6.07) is 6.48. The summed E-state index contributed by atoms with van der Waals surface area (Å²) in [4.78, 5) is 1.19. The van der Waals surface area contributed by atoms with E-state index in [4.69, 9.17) is 4.55 Å². The molecule has 0 radical (unpaired) electrons. The Labute approximate surface area is 85.8 Å². The molecular weight excluding hydrogens is 234 g/mol. The maximum absolute atomic E-state index is 10.4. The Morgan fingerprint density at radius 3 is 2.09 bits per heavy atom. The summed E-state index contributed by atoms with van der Waals surface area (Å²) in [6.45, 7) is 0. The molecule has 0 saturated carbocycles. The van der Waals surface area contributed by atoms with Crippen LogP contribution in [0, 0.1) is 0 Å². The molecule has 1 unspecified atom stereocenters. The van der Waals surface area contributed by atoms with Crippen molar-refractivity contribution in [2.75, 3.05) is 0 Å². The SMILES string of the molecule is O=S(O)c1ccc(S)cc1.[Zn+2]. The molecule has 1 aromatic carbocycles. The number of rotatable bonds is 1. The average Bonchev–Trinajstić information content (AvgIpc) is 1.88. The number of benzene rings is 1. The minimum atomic E-state index is -1.87. The largest absolute Gasteiger partial charge is 2.00 e. The maximum atomic E-state index is 10.4. The van der Waals surface area contributed by atoms with Gasteiger partial charge >= 0.3 is 19.5 Å². The molecule has 1 rings (SSSR count). The van der Waals surface area contributed by atoms with Crippen molar-refractivity contribution < 1.29 is 28.2 Å². The molecule has 0 aliphatic carbocycles. The molecule has 0 amide bonds. The molecule has 0 aliphatic rings. The first-order valence-electron chi connectivity index (χ1n) is 2.60. The third kappa shape index (κ3) is 3.47. The van der Waals surface area contributed by atoms with Crippen LogP contribution in [0.4, 0.5) is 0 Å². The van der Waals surface area contributed by atoms with E-state index in [1.807, 2.05) is 0 Å². The molecule has 1 N–H and O–H groups in total. The van der Waals surface area contributed by atoms with E-state index < -0.39 is 11.1 Å². The second kappa shape index (κ2) is 5.04. The molecule has 54 valence electrons. The predicted molar refractivity (Wildman–Crippen MR) is 42.7 cm³/mol. The van der Waals surface area contributed by atoms with Crippen molar-refractivity contribution in [2.45, 2.75) is 9.79 Å². The number of hydrogen-bond donors (Lipinski definition) is 2. The molecule has 0 aromatic heterocycles. The number of thiol groups is 1. The summed E-state index contributed by atoms with van der Waals surface area (Å²) < 4.78 is 19.0. The van der Waals surface area contributed by atoms with E-state index in [1.54, 1.807) is 24.3 Å². The molecular formula is C6H6O2S2Zn+2. The van der Waals surface area contributed by atoms with E-state index in [-0.39, 0.29) is 19.5 Å². The Hall–Kier alpha value is 0.303. The van der Waals surface area contributed by atoms with Gasteiger partial charge < -0.3 is 4.55 Å². The fourth-order valence-electron chi connectivity index (χ4n) is 0.563. The third-order valence-corrected chi connectivity index (χ3v) is 2.01. The summed E-state index contributed by atoms with van der Waals surface area (Å²) in [5.41, 5.74) is 0. The fourth-order valence-corrected chi connectivity index (χ4v) is 1.08. The Morgan fingerprint density at radius 2 is 1.73 bits per heavy atom. The minimum Gasteiger partial charge on any atom is -0.302 e. The van der Waals surface area contributed by atoms with Crippen molar-refractivity contribution in [3.05, 3.63) is 24.3 Å². The van der Waals surface area contributed by atoms with Gasteiger partial charge in [-0.3, -0.25) is 0 Å². The van der Waals surface area contributed by atoms with Crippen LogP contribution >= 0.6 is 12.6 Å². The van der Waals surface area contributed by atoms with Gasteiger partial charge in [0.1, 0.15) is 0 Å². The van der Waals surface area contributed by atoms with Crippen molar-refractivity contribution in [3.63, 3.8) is 0 Å². The summed E-state index contributed by atoms with van der Waals surface area (Å²) in [7, 11) is 0. The molecule has 0 saturated heterocycles. The monoisotopic (exact) mass is 238 g/mol. The van der Waals surface area contributed by atoms with Crippen LogP contribution in [0.15, 0.2) is 34.1 Å². The molecule has 0 fully saturated rings. The van der Waals surface area contributed by atoms with Crippen molar-refractivity contribution in [2.24, 2.45) is 0 Å². The minimum absolute atomic E-state index is 0. The first-order chi connectivity index (χ1) is 4.70. The van der Waals surface area contributed by atoms with Crippen molar-refractivity contribution in [1.82, 2.24) is 0 Å². The Kier molecular flexibility index (Phi) is 5.18. The van der Waals surface area contributed by atoms with Crippen LogP contribution in [0.2, 0.25) is 0 Å². The van der Waals surface area contributed by atoms with Gasteiger partial charge in [0.25, 0.3) is 0 Å². The van der Waals surface area contributed by atoms with Crippen LogP contribution in [-0.2, 0) is 30.6 Å². The van der Waals surface area contributed by atoms with Crippen molar-refractivity contribution in [1.29, 1.82) is 0 Å². The van der Waals surface area contributed by atoms with E-state index in [0.717, 1.165) is 4.90 Å². The van der Waals surface area contributed by atoms with Crippen LogP contribution in [0.3, 0.4) is 0 Å². The van der Waals surface area contributed by atoms with Gasteiger partial charge in [0.05, 0.1) is 4.90 Å². The van der Waals surface area contributed by atoms with E-state index in [9.17, 15) is 4.21 Å². The van der Waals surface area contributed by atoms with Gasteiger partial charge in [-0.25, -0.2) is 4.21 Å². The van der Waals surface area contributed by atoms with Gasteiger partial charge in [-0.05, 0) is 24.3 Å². The molecule has 0 aliphatic heterocycles. The normalized spacial score (nSPS) is 11.8. The number of hydrogen-bond acceptors (Lipinski definition) is 2. The van der Waals surface area contributed by atoms with Crippen LogP contribution in [-0.4, -0.2) is 8.76 Å². The molecule has 0 bridgehead atoms. The fraction of sp³-hybridized carbons (Fsp3) is 0. The molecule has 1 atom stereocenters. The first kappa shape index (κ1) is 11.3. The zero-order valence-electron chi connectivity index (χ0n) is 5.73. The second-order valence-electron chi connectivity index (χ2n) is 1.74. The summed E-state index contributed by atoms with van der Waals surface area (Å²) in [5.74, 6) is 0. The average molecular weight is 240 g/mol. The maximum Gasteiger partial charge on any atom is 2.00 e. The van der Waals surface area contributed by atoms with Crippen LogP contribution in [0.1, 0.15) is 0 Å². The molecule has 0 heterocycles.